The van der Waals surface area contributed by atoms with E-state index in [1.165, 1.54) is 29.2 Å². The maximum atomic E-state index is 14.6. The van der Waals surface area contributed by atoms with Crippen molar-refractivity contribution in [2.75, 3.05) is 13.1 Å². The second-order valence-electron chi connectivity index (χ2n) is 8.15. The molecule has 6 nitrogen and oxygen atoms in total. The van der Waals surface area contributed by atoms with Crippen LogP contribution in [0.5, 0.6) is 17.2 Å². The molecular weight excluding hydrogens is 396 g/mol. The average molecular weight is 417 g/mol. The number of carbonyl (C=O) groups excluding carboxylic acids is 1. The Labute approximate surface area is 172 Å². The van der Waals surface area contributed by atoms with Crippen molar-refractivity contribution in [2.45, 2.75) is 38.5 Å². The number of carbonyl (C=O) groups is 2. The van der Waals surface area contributed by atoms with Gasteiger partial charge in [0.15, 0.2) is 0 Å². The molecule has 0 radical (unpaired) electrons. The van der Waals surface area contributed by atoms with Gasteiger partial charge in [0.05, 0.1) is 12.1 Å². The summed E-state index contributed by atoms with van der Waals surface area (Å²) < 4.78 is 39.9. The number of hydrogen-bond donors (Lipinski definition) is 1. The smallest absolute Gasteiger partial charge is 0.335 e. The molecule has 0 bridgehead atoms. The Kier molecular flexibility index (Phi) is 4.88. The number of aromatic carboxylic acids is 1. The van der Waals surface area contributed by atoms with Crippen LogP contribution in [0.2, 0.25) is 0 Å². The summed E-state index contributed by atoms with van der Waals surface area (Å²) in [4.78, 5) is 25.6. The minimum atomic E-state index is -1.17. The van der Waals surface area contributed by atoms with Crippen LogP contribution in [0.25, 0.3) is 0 Å². The number of alkyl halides is 1. The SMILES string of the molecule is CC1(C)Cc2c(Oc3cccc(F)c3C(=O)N3CC[C@H](F)C3)cc(C(=O)O)cc2O1. The number of likely N-dealkylation sites (tertiary alicyclic amines) is 1. The lowest BCUT2D eigenvalue weighted by Crippen LogP contribution is -2.30. The van der Waals surface area contributed by atoms with E-state index in [-0.39, 0.29) is 42.1 Å². The van der Waals surface area contributed by atoms with Crippen molar-refractivity contribution in [1.82, 2.24) is 4.90 Å². The lowest BCUT2D eigenvalue weighted by molar-refractivity contribution is 0.0694. The number of fused-ring (bicyclic) bond motifs is 1. The summed E-state index contributed by atoms with van der Waals surface area (Å²) in [5.74, 6) is -2.12. The normalized spacial score (nSPS) is 19.3. The number of hydrogen-bond acceptors (Lipinski definition) is 4. The summed E-state index contributed by atoms with van der Waals surface area (Å²) in [6, 6.07) is 6.71. The van der Waals surface area contributed by atoms with Gasteiger partial charge in [-0.25, -0.2) is 13.6 Å². The molecule has 1 N–H and O–H groups in total. The van der Waals surface area contributed by atoms with Gasteiger partial charge in [-0.1, -0.05) is 6.07 Å². The zero-order valence-corrected chi connectivity index (χ0v) is 16.6. The zero-order valence-electron chi connectivity index (χ0n) is 16.6. The van der Waals surface area contributed by atoms with Crippen molar-refractivity contribution in [1.29, 1.82) is 0 Å². The molecule has 1 amide bonds. The third-order valence-corrected chi connectivity index (χ3v) is 5.23. The second-order valence-corrected chi connectivity index (χ2v) is 8.15. The maximum Gasteiger partial charge on any atom is 0.335 e. The lowest BCUT2D eigenvalue weighted by Gasteiger charge is -2.19. The Morgan fingerprint density at radius 3 is 2.70 bits per heavy atom. The van der Waals surface area contributed by atoms with Crippen molar-refractivity contribution < 1.29 is 33.0 Å². The van der Waals surface area contributed by atoms with Gasteiger partial charge in [0.2, 0.25) is 0 Å². The maximum absolute atomic E-state index is 14.6. The fourth-order valence-corrected chi connectivity index (χ4v) is 3.83. The van der Waals surface area contributed by atoms with Crippen LogP contribution in [-0.2, 0) is 6.42 Å². The molecule has 4 rings (SSSR count). The minimum absolute atomic E-state index is 0.0504. The summed E-state index contributed by atoms with van der Waals surface area (Å²) >= 11 is 0. The molecule has 0 unspecified atom stereocenters. The molecule has 30 heavy (non-hydrogen) atoms. The average Bonchev–Trinajstić information content (AvgIpc) is 3.23. The second kappa shape index (κ2) is 7.27. The van der Waals surface area contributed by atoms with Crippen LogP contribution in [-0.4, -0.2) is 46.7 Å². The predicted molar refractivity (Wildman–Crippen MR) is 104 cm³/mol. The molecule has 0 saturated carbocycles. The van der Waals surface area contributed by atoms with E-state index >= 15 is 0 Å². The van der Waals surface area contributed by atoms with Crippen LogP contribution >= 0.6 is 0 Å². The number of halogens is 2. The van der Waals surface area contributed by atoms with Gasteiger partial charge in [0.25, 0.3) is 5.91 Å². The Balaban J connectivity index is 1.75. The topological polar surface area (TPSA) is 76.1 Å². The first-order chi connectivity index (χ1) is 14.1. The van der Waals surface area contributed by atoms with Gasteiger partial charge in [-0.05, 0) is 44.5 Å². The van der Waals surface area contributed by atoms with Crippen LogP contribution in [0.3, 0.4) is 0 Å². The zero-order chi connectivity index (χ0) is 21.6. The highest BCUT2D eigenvalue weighted by Crippen LogP contribution is 2.43. The molecule has 1 atom stereocenters. The van der Waals surface area contributed by atoms with Crippen molar-refractivity contribution in [3.05, 3.63) is 52.8 Å². The Morgan fingerprint density at radius 2 is 2.03 bits per heavy atom. The molecule has 2 aromatic carbocycles. The van der Waals surface area contributed by atoms with E-state index in [1.54, 1.807) is 0 Å². The van der Waals surface area contributed by atoms with Crippen molar-refractivity contribution in [3.8, 4) is 17.2 Å². The number of carboxylic acid groups (broad SMARTS) is 1. The lowest BCUT2D eigenvalue weighted by atomic mass is 9.99. The summed E-state index contributed by atoms with van der Waals surface area (Å²) in [6.07, 6.45) is -0.483. The van der Waals surface area contributed by atoms with E-state index in [4.69, 9.17) is 9.47 Å². The Morgan fingerprint density at radius 1 is 1.27 bits per heavy atom. The molecule has 8 heteroatoms. The summed E-state index contributed by atoms with van der Waals surface area (Å²) in [5, 5.41) is 9.42. The molecule has 2 aliphatic rings. The number of amides is 1. The number of nitrogens with zero attached hydrogens (tertiary/aromatic N) is 1. The molecule has 2 aliphatic heterocycles. The highest BCUT2D eigenvalue weighted by Gasteiger charge is 2.35. The standard InChI is InChI=1S/C22H21F2NO5/c1-22(2)10-14-17(8-12(21(27)28)9-18(14)30-22)29-16-5-3-4-15(24)19(16)20(26)25-7-6-13(23)11-25/h3-5,8-9,13H,6-7,10-11H2,1-2H3,(H,27,28)/t13-/m0/s1. The predicted octanol–water partition coefficient (Wildman–Crippen LogP) is 4.21. The highest BCUT2D eigenvalue weighted by atomic mass is 19.1. The molecule has 1 saturated heterocycles. The van der Waals surface area contributed by atoms with Crippen molar-refractivity contribution in [2.24, 2.45) is 0 Å². The minimum Gasteiger partial charge on any atom is -0.487 e. The van der Waals surface area contributed by atoms with Gasteiger partial charge >= 0.3 is 5.97 Å². The third kappa shape index (κ3) is 3.69. The quantitative estimate of drug-likeness (QED) is 0.807. The van der Waals surface area contributed by atoms with Gasteiger partial charge in [0, 0.05) is 18.5 Å². The molecule has 0 spiro atoms. The molecule has 2 heterocycles. The first-order valence-electron chi connectivity index (χ1n) is 9.63. The van der Waals surface area contributed by atoms with E-state index < -0.39 is 29.5 Å². The van der Waals surface area contributed by atoms with Crippen molar-refractivity contribution in [3.63, 3.8) is 0 Å². The fourth-order valence-electron chi connectivity index (χ4n) is 3.83. The fraction of sp³-hybridized carbons (Fsp3) is 0.364. The molecule has 0 aliphatic carbocycles. The van der Waals surface area contributed by atoms with Crippen LogP contribution in [0.4, 0.5) is 8.78 Å². The first-order valence-corrected chi connectivity index (χ1v) is 9.63. The molecule has 0 aromatic heterocycles. The number of ether oxygens (including phenoxy) is 2. The van der Waals surface area contributed by atoms with E-state index in [9.17, 15) is 23.5 Å². The van der Waals surface area contributed by atoms with E-state index in [1.807, 2.05) is 13.8 Å². The van der Waals surface area contributed by atoms with E-state index in [2.05, 4.69) is 0 Å². The monoisotopic (exact) mass is 417 g/mol. The van der Waals surface area contributed by atoms with Crippen molar-refractivity contribution >= 4 is 11.9 Å². The van der Waals surface area contributed by atoms with Gasteiger partial charge < -0.3 is 19.5 Å². The largest absolute Gasteiger partial charge is 0.487 e. The molecular formula is C22H21F2NO5. The molecule has 1 fully saturated rings. The Bertz CT molecular complexity index is 1040. The van der Waals surface area contributed by atoms with Gasteiger partial charge in [-0.15, -0.1) is 0 Å². The van der Waals surface area contributed by atoms with Crippen LogP contribution < -0.4 is 9.47 Å². The van der Waals surface area contributed by atoms with Crippen LogP contribution in [0.15, 0.2) is 30.3 Å². The highest BCUT2D eigenvalue weighted by molar-refractivity contribution is 5.97. The first kappa shape index (κ1) is 20.1. The molecule has 158 valence electrons. The number of benzene rings is 2. The van der Waals surface area contributed by atoms with Crippen LogP contribution in [0, 0.1) is 5.82 Å². The van der Waals surface area contributed by atoms with Gasteiger partial charge in [0.1, 0.15) is 40.4 Å². The summed E-state index contributed by atoms with van der Waals surface area (Å²) in [5.41, 5.74) is -0.286. The summed E-state index contributed by atoms with van der Waals surface area (Å²) in [6.45, 7) is 3.81. The van der Waals surface area contributed by atoms with Crippen LogP contribution in [0.1, 0.15) is 46.5 Å². The number of carboxylic acids is 1. The summed E-state index contributed by atoms with van der Waals surface area (Å²) in [7, 11) is 0. The van der Waals surface area contributed by atoms with Gasteiger partial charge in [-0.3, -0.25) is 4.79 Å². The van der Waals surface area contributed by atoms with Gasteiger partial charge in [-0.2, -0.15) is 0 Å². The molecule has 2 aromatic rings. The van der Waals surface area contributed by atoms with E-state index in [0.29, 0.717) is 17.7 Å². The number of rotatable bonds is 4. The van der Waals surface area contributed by atoms with E-state index in [0.717, 1.165) is 6.07 Å². The third-order valence-electron chi connectivity index (χ3n) is 5.23. The Hall–Kier alpha value is -3.16.